The molecule has 1 aromatic heterocycles. The molecule has 2 aromatic rings. The average molecular weight is 392 g/mol. The maximum Gasteiger partial charge on any atom is 0.142 e. The number of likely N-dealkylation sites (tertiary alicyclic amines) is 1. The Balaban J connectivity index is 1.63. The molecule has 2 heterocycles. The summed E-state index contributed by atoms with van der Waals surface area (Å²) < 4.78 is 19.5. The number of rotatable bonds is 6. The fraction of sp³-hybridized carbons (Fsp3) is 0.350. The van der Waals surface area contributed by atoms with E-state index in [0.29, 0.717) is 18.7 Å². The van der Waals surface area contributed by atoms with Crippen LogP contribution in [0.2, 0.25) is 0 Å². The van der Waals surface area contributed by atoms with Crippen LogP contribution in [0, 0.1) is 19.7 Å². The second-order valence-corrected chi connectivity index (χ2v) is 8.86. The van der Waals surface area contributed by atoms with Crippen molar-refractivity contribution in [1.29, 1.82) is 0 Å². The number of allylic oxidation sites excluding steroid dienone is 1. The Morgan fingerprint density at radius 2 is 2.15 bits per heavy atom. The molecule has 1 aromatic carbocycles. The monoisotopic (exact) mass is 391 g/mol. The van der Waals surface area contributed by atoms with E-state index in [0.717, 1.165) is 41.2 Å². The zero-order valence-electron chi connectivity index (χ0n) is 14.9. The van der Waals surface area contributed by atoms with Gasteiger partial charge in [-0.15, -0.1) is 0 Å². The van der Waals surface area contributed by atoms with E-state index in [9.17, 15) is 9.18 Å². The van der Waals surface area contributed by atoms with E-state index in [2.05, 4.69) is 4.90 Å². The van der Waals surface area contributed by atoms with Crippen LogP contribution in [0.1, 0.15) is 23.5 Å². The number of aldehydes is 1. The van der Waals surface area contributed by atoms with Gasteiger partial charge in [-0.05, 0) is 44.1 Å². The smallest absolute Gasteiger partial charge is 0.142 e. The van der Waals surface area contributed by atoms with Gasteiger partial charge >= 0.3 is 0 Å². The highest BCUT2D eigenvalue weighted by Gasteiger charge is 2.25. The molecule has 0 aliphatic carbocycles. The van der Waals surface area contributed by atoms with Gasteiger partial charge in [-0.1, -0.05) is 39.8 Å². The molecule has 1 saturated heterocycles. The van der Waals surface area contributed by atoms with Crippen molar-refractivity contribution in [2.75, 3.05) is 13.1 Å². The van der Waals surface area contributed by atoms with Gasteiger partial charge in [0, 0.05) is 30.4 Å². The minimum Gasteiger partial charge on any atom is -0.465 e. The molecule has 1 atom stereocenters. The molecule has 138 valence electrons. The van der Waals surface area contributed by atoms with Crippen molar-refractivity contribution in [1.82, 2.24) is 4.90 Å². The lowest BCUT2D eigenvalue weighted by molar-refractivity contribution is -0.104. The predicted molar refractivity (Wildman–Crippen MR) is 106 cm³/mol. The van der Waals surface area contributed by atoms with Gasteiger partial charge in [0.15, 0.2) is 0 Å². The second kappa shape index (κ2) is 8.93. The van der Waals surface area contributed by atoms with Crippen molar-refractivity contribution in [2.45, 2.75) is 37.0 Å². The molecule has 26 heavy (non-hydrogen) atoms. The molecule has 3 rings (SSSR count). The summed E-state index contributed by atoms with van der Waals surface area (Å²) in [5.41, 5.74) is 1.79. The SMILES string of the molecule is Cc1cc(SSC2CCN(Cc3ccccc3F)C/C2=C/C=O)c(C)o1. The number of piperidine rings is 1. The first kappa shape index (κ1) is 19.3. The van der Waals surface area contributed by atoms with E-state index in [1.165, 1.54) is 6.07 Å². The first-order chi connectivity index (χ1) is 12.6. The van der Waals surface area contributed by atoms with Crippen molar-refractivity contribution in [3.8, 4) is 0 Å². The van der Waals surface area contributed by atoms with Crippen molar-refractivity contribution in [3.63, 3.8) is 0 Å². The third kappa shape index (κ3) is 4.81. The van der Waals surface area contributed by atoms with Crippen LogP contribution in [-0.2, 0) is 11.3 Å². The van der Waals surface area contributed by atoms with Crippen LogP contribution >= 0.6 is 21.6 Å². The molecule has 0 bridgehead atoms. The minimum absolute atomic E-state index is 0.175. The number of carbonyl (C=O) groups is 1. The van der Waals surface area contributed by atoms with Crippen molar-refractivity contribution >= 4 is 27.9 Å². The summed E-state index contributed by atoms with van der Waals surface area (Å²) in [7, 11) is 3.47. The van der Waals surface area contributed by atoms with E-state index in [4.69, 9.17) is 4.42 Å². The van der Waals surface area contributed by atoms with Crippen LogP contribution < -0.4 is 0 Å². The van der Waals surface area contributed by atoms with Crippen LogP contribution in [0.4, 0.5) is 4.39 Å². The molecular weight excluding hydrogens is 369 g/mol. The maximum absolute atomic E-state index is 13.9. The number of halogens is 1. The lowest BCUT2D eigenvalue weighted by Gasteiger charge is -2.33. The van der Waals surface area contributed by atoms with Crippen molar-refractivity contribution in [3.05, 3.63) is 64.9 Å². The van der Waals surface area contributed by atoms with Gasteiger partial charge in [0.2, 0.25) is 0 Å². The Labute approximate surface area is 161 Å². The van der Waals surface area contributed by atoms with Gasteiger partial charge in [-0.2, -0.15) is 0 Å². The van der Waals surface area contributed by atoms with Gasteiger partial charge < -0.3 is 4.42 Å². The summed E-state index contributed by atoms with van der Waals surface area (Å²) in [5.74, 6) is 1.66. The molecule has 0 radical (unpaired) electrons. The fourth-order valence-electron chi connectivity index (χ4n) is 3.08. The summed E-state index contributed by atoms with van der Waals surface area (Å²) >= 11 is 0. The topological polar surface area (TPSA) is 33.5 Å². The average Bonchev–Trinajstić information content (AvgIpc) is 2.94. The Morgan fingerprint density at radius 1 is 1.35 bits per heavy atom. The first-order valence-corrected chi connectivity index (χ1v) is 10.8. The predicted octanol–water partition coefficient (Wildman–Crippen LogP) is 5.18. The number of aryl methyl sites for hydroxylation is 2. The van der Waals surface area contributed by atoms with E-state index in [-0.39, 0.29) is 11.1 Å². The van der Waals surface area contributed by atoms with Crippen LogP contribution in [0.15, 0.2) is 51.3 Å². The molecule has 0 N–H and O–H groups in total. The molecule has 3 nitrogen and oxygen atoms in total. The molecule has 6 heteroatoms. The number of furan rings is 1. The lowest BCUT2D eigenvalue weighted by atomic mass is 10.0. The fourth-order valence-corrected chi connectivity index (χ4v) is 5.97. The van der Waals surface area contributed by atoms with E-state index in [1.807, 2.05) is 32.0 Å². The molecular formula is C20H22FNO2S2. The van der Waals surface area contributed by atoms with Gasteiger partial charge in [0.05, 0.1) is 4.90 Å². The molecule has 1 unspecified atom stereocenters. The zero-order chi connectivity index (χ0) is 18.5. The van der Waals surface area contributed by atoms with Gasteiger partial charge in [0.1, 0.15) is 23.6 Å². The molecule has 1 fully saturated rings. The number of nitrogens with zero attached hydrogens (tertiary/aromatic N) is 1. The van der Waals surface area contributed by atoms with E-state index in [1.54, 1.807) is 33.7 Å². The number of hydrogen-bond acceptors (Lipinski definition) is 5. The van der Waals surface area contributed by atoms with Gasteiger partial charge in [0.25, 0.3) is 0 Å². The minimum atomic E-state index is -0.175. The maximum atomic E-state index is 13.9. The highest BCUT2D eigenvalue weighted by atomic mass is 33.1. The molecule has 1 aliphatic heterocycles. The van der Waals surface area contributed by atoms with Crippen LogP contribution in [0.3, 0.4) is 0 Å². The standard InChI is InChI=1S/C20H22FNO2S2/c1-14-11-20(15(2)24-14)26-25-19-7-9-22(13-17(19)8-10-23)12-16-5-3-4-6-18(16)21/h3-6,8,10-11,19H,7,9,12-13H2,1-2H3/b17-8-. The summed E-state index contributed by atoms with van der Waals surface area (Å²) in [6, 6.07) is 8.92. The van der Waals surface area contributed by atoms with E-state index < -0.39 is 0 Å². The Morgan fingerprint density at radius 3 is 2.85 bits per heavy atom. The largest absolute Gasteiger partial charge is 0.465 e. The van der Waals surface area contributed by atoms with Gasteiger partial charge in [-0.25, -0.2) is 4.39 Å². The van der Waals surface area contributed by atoms with Crippen LogP contribution in [0.25, 0.3) is 0 Å². The molecule has 0 amide bonds. The van der Waals surface area contributed by atoms with Crippen molar-refractivity contribution in [2.24, 2.45) is 0 Å². The van der Waals surface area contributed by atoms with Crippen LogP contribution in [-0.4, -0.2) is 29.5 Å². The van der Waals surface area contributed by atoms with Crippen molar-refractivity contribution < 1.29 is 13.6 Å². The highest BCUT2D eigenvalue weighted by Crippen LogP contribution is 2.42. The molecule has 0 saturated carbocycles. The number of hydrogen-bond donors (Lipinski definition) is 0. The zero-order valence-corrected chi connectivity index (χ0v) is 16.5. The molecule has 1 aliphatic rings. The summed E-state index contributed by atoms with van der Waals surface area (Å²) in [4.78, 5) is 14.4. The highest BCUT2D eigenvalue weighted by molar-refractivity contribution is 8.77. The normalized spacial score (nSPS) is 19.8. The first-order valence-electron chi connectivity index (χ1n) is 8.57. The summed E-state index contributed by atoms with van der Waals surface area (Å²) in [6.45, 7) is 6.05. The third-order valence-corrected chi connectivity index (χ3v) is 7.39. The third-order valence-electron chi connectivity index (χ3n) is 4.41. The lowest BCUT2D eigenvalue weighted by Crippen LogP contribution is -2.36. The Hall–Kier alpha value is -1.50. The molecule has 0 spiro atoms. The quantitative estimate of drug-likeness (QED) is 0.385. The Bertz CT molecular complexity index is 803. The summed E-state index contributed by atoms with van der Waals surface area (Å²) in [5, 5.41) is 0.275. The second-order valence-electron chi connectivity index (χ2n) is 6.41. The number of benzene rings is 1. The van der Waals surface area contributed by atoms with Gasteiger partial charge in [-0.3, -0.25) is 9.69 Å². The van der Waals surface area contributed by atoms with E-state index >= 15 is 0 Å². The Kier molecular flexibility index (Phi) is 6.62. The van der Waals surface area contributed by atoms with Crippen LogP contribution in [0.5, 0.6) is 0 Å². The summed E-state index contributed by atoms with van der Waals surface area (Å²) in [6.07, 6.45) is 3.45. The number of carbonyl (C=O) groups excluding carboxylic acids is 1.